The van der Waals surface area contributed by atoms with Crippen LogP contribution in [0.5, 0.6) is 0 Å². The first-order valence-corrected chi connectivity index (χ1v) is 10.7. The fourth-order valence-electron chi connectivity index (χ4n) is 4.71. The molecule has 0 radical (unpaired) electrons. The Balaban J connectivity index is 1.44. The molecule has 3 fully saturated rings. The molecule has 3 atom stereocenters. The van der Waals surface area contributed by atoms with Crippen LogP contribution in [0, 0.1) is 11.7 Å². The summed E-state index contributed by atoms with van der Waals surface area (Å²) < 4.78 is 14.0. The smallest absolute Gasteiger partial charge is 0.254 e. The van der Waals surface area contributed by atoms with Gasteiger partial charge in [-0.15, -0.1) is 0 Å². The average Bonchev–Trinajstić information content (AvgIpc) is 2.81. The Bertz CT molecular complexity index is 1090. The standard InChI is InChI=1S/C23H21ClFN5O/c24-15-3-7-21(28-12-15)29-19-10-14-2-6-20(19)30(13-14)23(31)17-5-4-16(25)11-18(17)22-26-8-1-9-27-22/h1,3-5,7-9,11-12,14,19-20H,2,6,10,13H2,(H,28,29)/t14-,19-,20+/m1/s1. The van der Waals surface area contributed by atoms with Gasteiger partial charge in [0.1, 0.15) is 11.6 Å². The first kappa shape index (κ1) is 19.9. The van der Waals surface area contributed by atoms with Gasteiger partial charge in [0, 0.05) is 36.7 Å². The Morgan fingerprint density at radius 2 is 1.97 bits per heavy atom. The summed E-state index contributed by atoms with van der Waals surface area (Å²) in [5.41, 5.74) is 0.833. The highest BCUT2D eigenvalue weighted by atomic mass is 35.5. The lowest BCUT2D eigenvalue weighted by Gasteiger charge is -2.50. The molecule has 1 N–H and O–H groups in total. The largest absolute Gasteiger partial charge is 0.365 e. The Morgan fingerprint density at radius 1 is 1.13 bits per heavy atom. The van der Waals surface area contributed by atoms with Crippen LogP contribution in [-0.2, 0) is 0 Å². The van der Waals surface area contributed by atoms with E-state index in [1.165, 1.54) is 18.2 Å². The zero-order chi connectivity index (χ0) is 21.4. The van der Waals surface area contributed by atoms with Crippen molar-refractivity contribution >= 4 is 23.3 Å². The number of pyridine rings is 1. The van der Waals surface area contributed by atoms with E-state index in [4.69, 9.17) is 11.6 Å². The van der Waals surface area contributed by atoms with E-state index < -0.39 is 5.82 Å². The lowest BCUT2D eigenvalue weighted by Crippen LogP contribution is -2.59. The minimum absolute atomic E-state index is 0.0320. The van der Waals surface area contributed by atoms with E-state index in [9.17, 15) is 9.18 Å². The molecule has 3 aromatic rings. The highest BCUT2D eigenvalue weighted by Gasteiger charge is 2.43. The SMILES string of the molecule is O=C(c1ccc(F)cc1-c1ncccn1)N1C[C@@H]2CC[C@H]1[C@H](Nc1ccc(Cl)cn1)C2. The van der Waals surface area contributed by atoms with Crippen LogP contribution in [0.1, 0.15) is 29.6 Å². The molecule has 1 aliphatic carbocycles. The van der Waals surface area contributed by atoms with Crippen LogP contribution in [0.15, 0.2) is 55.0 Å². The third-order valence-corrected chi connectivity index (χ3v) is 6.34. The van der Waals surface area contributed by atoms with Crippen LogP contribution >= 0.6 is 11.6 Å². The molecule has 1 aromatic carbocycles. The molecule has 1 amide bonds. The highest BCUT2D eigenvalue weighted by molar-refractivity contribution is 6.30. The topological polar surface area (TPSA) is 71.0 Å². The van der Waals surface area contributed by atoms with E-state index in [1.807, 2.05) is 11.0 Å². The molecule has 0 spiro atoms. The third-order valence-electron chi connectivity index (χ3n) is 6.12. The quantitative estimate of drug-likeness (QED) is 0.653. The molecule has 158 valence electrons. The van der Waals surface area contributed by atoms with Gasteiger partial charge in [-0.2, -0.15) is 0 Å². The van der Waals surface area contributed by atoms with Crippen LogP contribution in [0.2, 0.25) is 5.02 Å². The number of benzene rings is 1. The van der Waals surface area contributed by atoms with Crippen molar-refractivity contribution in [2.24, 2.45) is 5.92 Å². The molecule has 0 unspecified atom stereocenters. The molecular weight excluding hydrogens is 417 g/mol. The van der Waals surface area contributed by atoms with Gasteiger partial charge in [-0.05, 0) is 61.6 Å². The molecule has 2 aliphatic heterocycles. The number of amides is 1. The lowest BCUT2D eigenvalue weighted by atomic mass is 9.76. The summed E-state index contributed by atoms with van der Waals surface area (Å²) in [6.07, 6.45) is 7.78. The predicted molar refractivity (Wildman–Crippen MR) is 116 cm³/mol. The van der Waals surface area contributed by atoms with E-state index in [0.29, 0.717) is 34.4 Å². The van der Waals surface area contributed by atoms with E-state index in [2.05, 4.69) is 20.3 Å². The number of carbonyl (C=O) groups excluding carboxylic acids is 1. The minimum Gasteiger partial charge on any atom is -0.365 e. The van der Waals surface area contributed by atoms with E-state index in [0.717, 1.165) is 25.1 Å². The maximum Gasteiger partial charge on any atom is 0.254 e. The van der Waals surface area contributed by atoms with Gasteiger partial charge in [0.25, 0.3) is 5.91 Å². The van der Waals surface area contributed by atoms with Gasteiger partial charge in [0.2, 0.25) is 0 Å². The fraction of sp³-hybridized carbons (Fsp3) is 0.304. The Labute approximate surface area is 184 Å². The predicted octanol–water partition coefficient (Wildman–Crippen LogP) is 4.44. The molecule has 3 aliphatic rings. The zero-order valence-corrected chi connectivity index (χ0v) is 17.5. The van der Waals surface area contributed by atoms with Gasteiger partial charge in [-0.3, -0.25) is 4.79 Å². The number of fused-ring (bicyclic) bond motifs is 3. The maximum absolute atomic E-state index is 14.0. The summed E-state index contributed by atoms with van der Waals surface area (Å²) in [5.74, 6) is 0.956. The number of carbonyl (C=O) groups is 1. The second-order valence-corrected chi connectivity index (χ2v) is 8.52. The number of rotatable bonds is 4. The molecule has 31 heavy (non-hydrogen) atoms. The summed E-state index contributed by atoms with van der Waals surface area (Å²) in [5, 5.41) is 4.07. The molecule has 2 bridgehead atoms. The van der Waals surface area contributed by atoms with Crippen LogP contribution in [-0.4, -0.2) is 44.4 Å². The second-order valence-electron chi connectivity index (χ2n) is 8.08. The summed E-state index contributed by atoms with van der Waals surface area (Å²) in [6, 6.07) is 9.65. The summed E-state index contributed by atoms with van der Waals surface area (Å²) in [7, 11) is 0. The molecule has 8 heteroatoms. The summed E-state index contributed by atoms with van der Waals surface area (Å²) >= 11 is 5.95. The number of hydrogen-bond donors (Lipinski definition) is 1. The molecule has 2 saturated heterocycles. The third kappa shape index (κ3) is 3.97. The van der Waals surface area contributed by atoms with Gasteiger partial charge in [0.05, 0.1) is 16.6 Å². The molecule has 6 nitrogen and oxygen atoms in total. The Morgan fingerprint density at radius 3 is 2.71 bits per heavy atom. The summed E-state index contributed by atoms with van der Waals surface area (Å²) in [6.45, 7) is 0.697. The Hall–Kier alpha value is -3.06. The summed E-state index contributed by atoms with van der Waals surface area (Å²) in [4.78, 5) is 28.3. The van der Waals surface area contributed by atoms with Crippen LogP contribution in [0.4, 0.5) is 10.2 Å². The fourth-order valence-corrected chi connectivity index (χ4v) is 4.83. The minimum atomic E-state index is -0.424. The first-order chi connectivity index (χ1) is 15.1. The van der Waals surface area contributed by atoms with Crippen LogP contribution in [0.25, 0.3) is 11.4 Å². The van der Waals surface area contributed by atoms with Crippen molar-refractivity contribution in [2.45, 2.75) is 31.3 Å². The molecule has 4 heterocycles. The van der Waals surface area contributed by atoms with Gasteiger partial charge >= 0.3 is 0 Å². The molecule has 6 rings (SSSR count). The monoisotopic (exact) mass is 437 g/mol. The van der Waals surface area contributed by atoms with Crippen LogP contribution in [0.3, 0.4) is 0 Å². The first-order valence-electron chi connectivity index (χ1n) is 10.3. The Kier molecular flexibility index (Phi) is 5.28. The molecule has 1 saturated carbocycles. The number of anilines is 1. The van der Waals surface area contributed by atoms with E-state index >= 15 is 0 Å². The number of nitrogens with zero attached hydrogens (tertiary/aromatic N) is 4. The van der Waals surface area contributed by atoms with Crippen LogP contribution < -0.4 is 5.32 Å². The van der Waals surface area contributed by atoms with Crippen molar-refractivity contribution in [3.05, 3.63) is 71.4 Å². The normalized spacial score (nSPS) is 22.4. The van der Waals surface area contributed by atoms with Crippen molar-refractivity contribution < 1.29 is 9.18 Å². The van der Waals surface area contributed by atoms with E-state index in [1.54, 1.807) is 30.7 Å². The van der Waals surface area contributed by atoms with Gasteiger partial charge < -0.3 is 10.2 Å². The molecule has 2 aromatic heterocycles. The van der Waals surface area contributed by atoms with Crippen molar-refractivity contribution in [1.29, 1.82) is 0 Å². The highest BCUT2D eigenvalue weighted by Crippen LogP contribution is 2.38. The van der Waals surface area contributed by atoms with Crippen molar-refractivity contribution in [1.82, 2.24) is 19.9 Å². The number of halogens is 2. The lowest BCUT2D eigenvalue weighted by molar-refractivity contribution is 0.0282. The maximum atomic E-state index is 14.0. The van der Waals surface area contributed by atoms with Gasteiger partial charge in [0.15, 0.2) is 5.82 Å². The number of aromatic nitrogens is 3. The van der Waals surface area contributed by atoms with Gasteiger partial charge in [-0.1, -0.05) is 11.6 Å². The van der Waals surface area contributed by atoms with Crippen molar-refractivity contribution in [3.8, 4) is 11.4 Å². The van der Waals surface area contributed by atoms with Crippen molar-refractivity contribution in [3.63, 3.8) is 0 Å². The number of hydrogen-bond acceptors (Lipinski definition) is 5. The van der Waals surface area contributed by atoms with Gasteiger partial charge in [-0.25, -0.2) is 19.3 Å². The second kappa shape index (κ2) is 8.23. The molecular formula is C23H21ClFN5O. The zero-order valence-electron chi connectivity index (χ0n) is 16.7. The number of nitrogens with one attached hydrogen (secondary N) is 1. The number of piperidine rings is 2. The van der Waals surface area contributed by atoms with E-state index in [-0.39, 0.29) is 18.0 Å². The van der Waals surface area contributed by atoms with Crippen molar-refractivity contribution in [2.75, 3.05) is 11.9 Å². The average molecular weight is 438 g/mol.